The van der Waals surface area contributed by atoms with Gasteiger partial charge in [-0.05, 0) is 30.5 Å². The van der Waals surface area contributed by atoms with Crippen LogP contribution in [0.1, 0.15) is 21.5 Å². The molecule has 1 N–H and O–H groups in total. The normalized spacial score (nSPS) is 9.93. The number of benzene rings is 1. The van der Waals surface area contributed by atoms with Crippen LogP contribution in [0.3, 0.4) is 0 Å². The molecule has 0 aromatic heterocycles. The SMILES string of the molecule is COC(=O)c1cc(CCO)ccc1C. The molecule has 0 fully saturated rings. The van der Waals surface area contributed by atoms with Crippen molar-refractivity contribution < 1.29 is 14.6 Å². The highest BCUT2D eigenvalue weighted by molar-refractivity contribution is 5.91. The molecule has 0 aliphatic carbocycles. The van der Waals surface area contributed by atoms with E-state index in [0.29, 0.717) is 12.0 Å². The third-order valence-corrected chi connectivity index (χ3v) is 2.11. The van der Waals surface area contributed by atoms with Gasteiger partial charge in [-0.1, -0.05) is 12.1 Å². The first kappa shape index (κ1) is 10.7. The van der Waals surface area contributed by atoms with Gasteiger partial charge in [0.2, 0.25) is 0 Å². The largest absolute Gasteiger partial charge is 0.465 e. The van der Waals surface area contributed by atoms with Crippen molar-refractivity contribution in [2.75, 3.05) is 13.7 Å². The Bertz CT molecular complexity index is 331. The Kier molecular flexibility index (Phi) is 3.65. The highest BCUT2D eigenvalue weighted by atomic mass is 16.5. The van der Waals surface area contributed by atoms with E-state index in [2.05, 4.69) is 4.74 Å². The number of carbonyl (C=O) groups is 1. The van der Waals surface area contributed by atoms with Crippen molar-refractivity contribution in [3.05, 3.63) is 34.9 Å². The van der Waals surface area contributed by atoms with Gasteiger partial charge >= 0.3 is 5.97 Å². The Balaban J connectivity index is 3.01. The number of aliphatic hydroxyl groups excluding tert-OH is 1. The summed E-state index contributed by atoms with van der Waals surface area (Å²) in [4.78, 5) is 11.3. The highest BCUT2D eigenvalue weighted by Gasteiger charge is 2.09. The second-order valence-electron chi connectivity index (χ2n) is 3.11. The summed E-state index contributed by atoms with van der Waals surface area (Å²) in [6.45, 7) is 1.94. The second-order valence-corrected chi connectivity index (χ2v) is 3.11. The zero-order chi connectivity index (χ0) is 10.6. The molecule has 0 saturated heterocycles. The minimum Gasteiger partial charge on any atom is -0.465 e. The van der Waals surface area contributed by atoms with Crippen molar-refractivity contribution >= 4 is 5.97 Å². The van der Waals surface area contributed by atoms with E-state index in [9.17, 15) is 4.79 Å². The van der Waals surface area contributed by atoms with E-state index >= 15 is 0 Å². The van der Waals surface area contributed by atoms with Crippen LogP contribution >= 0.6 is 0 Å². The molecule has 0 unspecified atom stereocenters. The van der Waals surface area contributed by atoms with Gasteiger partial charge in [-0.3, -0.25) is 0 Å². The number of hydrogen-bond donors (Lipinski definition) is 1. The summed E-state index contributed by atoms with van der Waals surface area (Å²) in [6, 6.07) is 5.52. The zero-order valence-electron chi connectivity index (χ0n) is 8.41. The molecule has 1 aromatic rings. The summed E-state index contributed by atoms with van der Waals surface area (Å²) in [7, 11) is 1.36. The van der Waals surface area contributed by atoms with Crippen LogP contribution in [-0.4, -0.2) is 24.8 Å². The molecule has 0 saturated carbocycles. The maximum atomic E-state index is 11.3. The van der Waals surface area contributed by atoms with E-state index < -0.39 is 0 Å². The van der Waals surface area contributed by atoms with Gasteiger partial charge in [-0.25, -0.2) is 4.79 Å². The number of carbonyl (C=O) groups excluding carboxylic acids is 1. The van der Waals surface area contributed by atoms with Crippen LogP contribution in [0.4, 0.5) is 0 Å². The highest BCUT2D eigenvalue weighted by Crippen LogP contribution is 2.12. The predicted molar refractivity (Wildman–Crippen MR) is 53.3 cm³/mol. The molecule has 0 bridgehead atoms. The van der Waals surface area contributed by atoms with E-state index in [1.54, 1.807) is 6.07 Å². The van der Waals surface area contributed by atoms with Crippen molar-refractivity contribution in [2.24, 2.45) is 0 Å². The van der Waals surface area contributed by atoms with Gasteiger partial charge in [0.15, 0.2) is 0 Å². The quantitative estimate of drug-likeness (QED) is 0.738. The average Bonchev–Trinajstić information content (AvgIpc) is 2.20. The lowest BCUT2D eigenvalue weighted by Gasteiger charge is -2.06. The number of aliphatic hydroxyl groups is 1. The number of rotatable bonds is 3. The van der Waals surface area contributed by atoms with Crippen molar-refractivity contribution in [3.63, 3.8) is 0 Å². The molecule has 0 heterocycles. The molecule has 0 radical (unpaired) electrons. The van der Waals surface area contributed by atoms with Crippen LogP contribution in [0.5, 0.6) is 0 Å². The van der Waals surface area contributed by atoms with Gasteiger partial charge < -0.3 is 9.84 Å². The summed E-state index contributed by atoms with van der Waals surface area (Å²) in [5.74, 6) is -0.331. The molecule has 0 spiro atoms. The first-order valence-electron chi connectivity index (χ1n) is 4.47. The van der Waals surface area contributed by atoms with Crippen LogP contribution in [0, 0.1) is 6.92 Å². The lowest BCUT2D eigenvalue weighted by molar-refractivity contribution is 0.0599. The minimum absolute atomic E-state index is 0.0870. The Morgan fingerprint density at radius 2 is 2.21 bits per heavy atom. The fourth-order valence-corrected chi connectivity index (χ4v) is 1.28. The lowest BCUT2D eigenvalue weighted by atomic mass is 10.0. The summed E-state index contributed by atoms with van der Waals surface area (Å²) >= 11 is 0. The molecule has 0 atom stereocenters. The number of ether oxygens (including phenoxy) is 1. The smallest absolute Gasteiger partial charge is 0.338 e. The zero-order valence-corrected chi connectivity index (χ0v) is 8.41. The number of aryl methyl sites for hydroxylation is 1. The molecular weight excluding hydrogens is 180 g/mol. The first-order valence-corrected chi connectivity index (χ1v) is 4.47. The molecule has 0 amide bonds. The van der Waals surface area contributed by atoms with Crippen LogP contribution in [0.25, 0.3) is 0 Å². The Hall–Kier alpha value is -1.35. The van der Waals surface area contributed by atoms with E-state index in [4.69, 9.17) is 5.11 Å². The lowest BCUT2D eigenvalue weighted by Crippen LogP contribution is -2.05. The minimum atomic E-state index is -0.331. The van der Waals surface area contributed by atoms with Crippen molar-refractivity contribution in [2.45, 2.75) is 13.3 Å². The summed E-state index contributed by atoms with van der Waals surface area (Å²) in [6.07, 6.45) is 0.560. The first-order chi connectivity index (χ1) is 6.69. The third-order valence-electron chi connectivity index (χ3n) is 2.11. The van der Waals surface area contributed by atoms with Gasteiger partial charge in [-0.2, -0.15) is 0 Å². The molecule has 14 heavy (non-hydrogen) atoms. The van der Waals surface area contributed by atoms with E-state index in [0.717, 1.165) is 11.1 Å². The van der Waals surface area contributed by atoms with Crippen LogP contribution in [-0.2, 0) is 11.2 Å². The maximum absolute atomic E-state index is 11.3. The topological polar surface area (TPSA) is 46.5 Å². The Morgan fingerprint density at radius 3 is 2.79 bits per heavy atom. The van der Waals surface area contributed by atoms with Crippen LogP contribution in [0.15, 0.2) is 18.2 Å². The predicted octanol–water partition coefficient (Wildman–Crippen LogP) is 1.32. The summed E-state index contributed by atoms with van der Waals surface area (Å²) < 4.78 is 4.65. The van der Waals surface area contributed by atoms with Crippen molar-refractivity contribution in [1.29, 1.82) is 0 Å². The number of methoxy groups -OCH3 is 1. The van der Waals surface area contributed by atoms with Crippen molar-refractivity contribution in [3.8, 4) is 0 Å². The molecule has 3 heteroatoms. The number of hydrogen-bond acceptors (Lipinski definition) is 3. The Labute approximate surface area is 83.3 Å². The summed E-state index contributed by atoms with van der Waals surface area (Å²) in [5, 5.41) is 8.76. The molecule has 0 aliphatic rings. The molecule has 76 valence electrons. The third kappa shape index (κ3) is 2.33. The molecule has 3 nitrogen and oxygen atoms in total. The molecule has 1 aromatic carbocycles. The van der Waals surface area contributed by atoms with Gasteiger partial charge in [0, 0.05) is 6.61 Å². The fourth-order valence-electron chi connectivity index (χ4n) is 1.28. The van der Waals surface area contributed by atoms with Gasteiger partial charge in [-0.15, -0.1) is 0 Å². The molecule has 0 aliphatic heterocycles. The van der Waals surface area contributed by atoms with E-state index in [1.807, 2.05) is 19.1 Å². The maximum Gasteiger partial charge on any atom is 0.338 e. The van der Waals surface area contributed by atoms with E-state index in [-0.39, 0.29) is 12.6 Å². The average molecular weight is 194 g/mol. The van der Waals surface area contributed by atoms with Crippen LogP contribution < -0.4 is 0 Å². The monoisotopic (exact) mass is 194 g/mol. The van der Waals surface area contributed by atoms with Crippen molar-refractivity contribution in [1.82, 2.24) is 0 Å². The Morgan fingerprint density at radius 1 is 1.50 bits per heavy atom. The van der Waals surface area contributed by atoms with Gasteiger partial charge in [0.25, 0.3) is 0 Å². The molecule has 1 rings (SSSR count). The standard InChI is InChI=1S/C11H14O3/c1-8-3-4-9(5-6-12)7-10(8)11(13)14-2/h3-4,7,12H,5-6H2,1-2H3. The van der Waals surface area contributed by atoms with Gasteiger partial charge in [0.05, 0.1) is 12.7 Å². The van der Waals surface area contributed by atoms with Crippen LogP contribution in [0.2, 0.25) is 0 Å². The van der Waals surface area contributed by atoms with Gasteiger partial charge in [0.1, 0.15) is 0 Å². The fraction of sp³-hybridized carbons (Fsp3) is 0.364. The molecular formula is C11H14O3. The summed E-state index contributed by atoms with van der Waals surface area (Å²) in [5.41, 5.74) is 2.40. The number of esters is 1. The van der Waals surface area contributed by atoms with E-state index in [1.165, 1.54) is 7.11 Å². The second kappa shape index (κ2) is 4.77.